The van der Waals surface area contributed by atoms with Crippen molar-refractivity contribution >= 4 is 5.78 Å². The highest BCUT2D eigenvalue weighted by Gasteiger charge is 2.11. The van der Waals surface area contributed by atoms with Gasteiger partial charge in [-0.25, -0.2) is 0 Å². The van der Waals surface area contributed by atoms with Gasteiger partial charge in [0.15, 0.2) is 0 Å². The molecule has 0 saturated carbocycles. The average Bonchev–Trinajstić information content (AvgIpc) is 1.91. The summed E-state index contributed by atoms with van der Waals surface area (Å²) in [6, 6.07) is 0. The quantitative estimate of drug-likeness (QED) is 0.509. The van der Waals surface area contributed by atoms with Crippen LogP contribution in [0.15, 0.2) is 0 Å². The van der Waals surface area contributed by atoms with Gasteiger partial charge in [-0.3, -0.25) is 9.69 Å². The van der Waals surface area contributed by atoms with Crippen molar-refractivity contribution < 1.29 is 4.79 Å². The molecule has 0 aromatic rings. The summed E-state index contributed by atoms with van der Waals surface area (Å²) >= 11 is 0. The van der Waals surface area contributed by atoms with Gasteiger partial charge < -0.3 is 0 Å². The SMILES string of the molecule is CC.CN1CCCC(=O)C1. The number of rotatable bonds is 0. The molecule has 2 nitrogen and oxygen atoms in total. The Morgan fingerprint density at radius 2 is 2.00 bits per heavy atom. The van der Waals surface area contributed by atoms with Crippen molar-refractivity contribution in [2.24, 2.45) is 0 Å². The van der Waals surface area contributed by atoms with E-state index in [0.717, 1.165) is 19.4 Å². The number of ketones is 1. The summed E-state index contributed by atoms with van der Waals surface area (Å²) in [6.07, 6.45) is 1.85. The van der Waals surface area contributed by atoms with Gasteiger partial charge in [-0.15, -0.1) is 0 Å². The Balaban J connectivity index is 0.000000371. The van der Waals surface area contributed by atoms with Crippen LogP contribution in [0.2, 0.25) is 0 Å². The number of hydrogen-bond donors (Lipinski definition) is 0. The molecule has 0 aromatic heterocycles. The van der Waals surface area contributed by atoms with Crippen molar-refractivity contribution in [3.63, 3.8) is 0 Å². The smallest absolute Gasteiger partial charge is 0.146 e. The molecule has 0 bridgehead atoms. The summed E-state index contributed by atoms with van der Waals surface area (Å²) in [5.41, 5.74) is 0. The maximum absolute atomic E-state index is 10.6. The Morgan fingerprint density at radius 1 is 1.40 bits per heavy atom. The number of Topliss-reactive ketones (excluding diaryl/α,β-unsaturated/α-hetero) is 1. The zero-order valence-corrected chi connectivity index (χ0v) is 7.18. The van der Waals surface area contributed by atoms with Crippen molar-refractivity contribution in [2.45, 2.75) is 26.7 Å². The third-order valence-corrected chi connectivity index (χ3v) is 1.44. The molecule has 60 valence electrons. The Kier molecular flexibility index (Phi) is 5.22. The molecule has 1 rings (SSSR count). The first kappa shape index (κ1) is 9.63. The van der Waals surface area contributed by atoms with Crippen molar-refractivity contribution in [3.05, 3.63) is 0 Å². The first-order valence-electron chi connectivity index (χ1n) is 3.99. The molecule has 1 fully saturated rings. The summed E-state index contributed by atoms with van der Waals surface area (Å²) in [4.78, 5) is 12.7. The van der Waals surface area contributed by atoms with E-state index in [4.69, 9.17) is 0 Å². The fourth-order valence-corrected chi connectivity index (χ4v) is 1.01. The summed E-state index contributed by atoms with van der Waals surface area (Å²) in [7, 11) is 1.98. The number of carbonyl (C=O) groups excluding carboxylic acids is 1. The molecule has 2 heteroatoms. The van der Waals surface area contributed by atoms with Crippen LogP contribution in [0.4, 0.5) is 0 Å². The van der Waals surface area contributed by atoms with Gasteiger partial charge in [-0.2, -0.15) is 0 Å². The molecular weight excluding hydrogens is 126 g/mol. The third kappa shape index (κ3) is 3.62. The number of nitrogens with zero attached hydrogens (tertiary/aromatic N) is 1. The predicted octanol–water partition coefficient (Wildman–Crippen LogP) is 1.31. The molecular formula is C8H17NO. The first-order valence-corrected chi connectivity index (χ1v) is 3.99. The maximum Gasteiger partial charge on any atom is 0.146 e. The van der Waals surface area contributed by atoms with Gasteiger partial charge in [0.2, 0.25) is 0 Å². The highest BCUT2D eigenvalue weighted by Crippen LogP contribution is 2.01. The fraction of sp³-hybridized carbons (Fsp3) is 0.875. The van der Waals surface area contributed by atoms with E-state index in [9.17, 15) is 4.79 Å². The van der Waals surface area contributed by atoms with Crippen molar-refractivity contribution in [1.29, 1.82) is 0 Å². The molecule has 0 atom stereocenters. The van der Waals surface area contributed by atoms with E-state index >= 15 is 0 Å². The lowest BCUT2D eigenvalue weighted by molar-refractivity contribution is -0.121. The molecule has 0 unspecified atom stereocenters. The van der Waals surface area contributed by atoms with E-state index in [1.807, 2.05) is 20.9 Å². The molecule has 0 aliphatic carbocycles. The van der Waals surface area contributed by atoms with Crippen LogP contribution in [-0.2, 0) is 4.79 Å². The van der Waals surface area contributed by atoms with Gasteiger partial charge in [0.25, 0.3) is 0 Å². The van der Waals surface area contributed by atoms with Gasteiger partial charge in [0, 0.05) is 6.42 Å². The van der Waals surface area contributed by atoms with Crippen LogP contribution in [0.1, 0.15) is 26.7 Å². The molecule has 0 amide bonds. The van der Waals surface area contributed by atoms with Gasteiger partial charge in [0.1, 0.15) is 5.78 Å². The van der Waals surface area contributed by atoms with Crippen LogP contribution in [0.5, 0.6) is 0 Å². The molecule has 0 radical (unpaired) electrons. The second kappa shape index (κ2) is 5.42. The molecule has 1 saturated heterocycles. The van der Waals surface area contributed by atoms with E-state index in [2.05, 4.69) is 4.90 Å². The molecule has 1 aliphatic rings. The lowest BCUT2D eigenvalue weighted by Crippen LogP contribution is -2.31. The fourth-order valence-electron chi connectivity index (χ4n) is 1.01. The summed E-state index contributed by atoms with van der Waals surface area (Å²) in [5.74, 6) is 0.388. The molecule has 10 heavy (non-hydrogen) atoms. The van der Waals surface area contributed by atoms with Crippen LogP contribution >= 0.6 is 0 Å². The van der Waals surface area contributed by atoms with E-state index in [1.54, 1.807) is 0 Å². The van der Waals surface area contributed by atoms with Crippen LogP contribution in [0.25, 0.3) is 0 Å². The Hall–Kier alpha value is -0.370. The normalized spacial score (nSPS) is 19.7. The number of likely N-dealkylation sites (N-methyl/N-ethyl adjacent to an activating group) is 1. The molecule has 1 aliphatic heterocycles. The Morgan fingerprint density at radius 3 is 2.30 bits per heavy atom. The molecule has 0 aromatic carbocycles. The number of likely N-dealkylation sites (tertiary alicyclic amines) is 1. The van der Waals surface area contributed by atoms with E-state index in [0.29, 0.717) is 12.3 Å². The minimum atomic E-state index is 0.388. The standard InChI is InChI=1S/C6H11NO.C2H6/c1-7-4-2-3-6(8)5-7;1-2/h2-5H2,1H3;1-2H3. The Labute approximate surface area is 63.2 Å². The predicted molar refractivity (Wildman–Crippen MR) is 43.1 cm³/mol. The second-order valence-electron chi connectivity index (χ2n) is 2.38. The summed E-state index contributed by atoms with van der Waals surface area (Å²) < 4.78 is 0. The number of piperidine rings is 1. The maximum atomic E-state index is 10.6. The minimum absolute atomic E-state index is 0.388. The van der Waals surface area contributed by atoms with Crippen molar-refractivity contribution in [2.75, 3.05) is 20.1 Å². The van der Waals surface area contributed by atoms with Crippen molar-refractivity contribution in [1.82, 2.24) is 4.90 Å². The largest absolute Gasteiger partial charge is 0.299 e. The van der Waals surface area contributed by atoms with E-state index < -0.39 is 0 Å². The summed E-state index contributed by atoms with van der Waals surface area (Å²) in [5, 5.41) is 0. The van der Waals surface area contributed by atoms with Crippen LogP contribution in [0.3, 0.4) is 0 Å². The van der Waals surface area contributed by atoms with E-state index in [1.165, 1.54) is 0 Å². The zero-order valence-electron chi connectivity index (χ0n) is 7.18. The molecule has 0 N–H and O–H groups in total. The average molecular weight is 143 g/mol. The minimum Gasteiger partial charge on any atom is -0.299 e. The van der Waals surface area contributed by atoms with Gasteiger partial charge in [0.05, 0.1) is 6.54 Å². The molecule has 0 spiro atoms. The topological polar surface area (TPSA) is 20.3 Å². The van der Waals surface area contributed by atoms with Gasteiger partial charge >= 0.3 is 0 Å². The van der Waals surface area contributed by atoms with Crippen LogP contribution in [0, 0.1) is 0 Å². The lowest BCUT2D eigenvalue weighted by atomic mass is 10.1. The zero-order chi connectivity index (χ0) is 7.98. The lowest BCUT2D eigenvalue weighted by Gasteiger charge is -2.19. The summed E-state index contributed by atoms with van der Waals surface area (Å²) in [6.45, 7) is 5.76. The van der Waals surface area contributed by atoms with Crippen molar-refractivity contribution in [3.8, 4) is 0 Å². The second-order valence-corrected chi connectivity index (χ2v) is 2.38. The monoisotopic (exact) mass is 143 g/mol. The van der Waals surface area contributed by atoms with Crippen LogP contribution < -0.4 is 0 Å². The first-order chi connectivity index (χ1) is 4.79. The number of hydrogen-bond acceptors (Lipinski definition) is 2. The highest BCUT2D eigenvalue weighted by atomic mass is 16.1. The Bertz CT molecular complexity index is 101. The highest BCUT2D eigenvalue weighted by molar-refractivity contribution is 5.80. The number of carbonyl (C=O) groups is 1. The molecule has 1 heterocycles. The van der Waals surface area contributed by atoms with E-state index in [-0.39, 0.29) is 0 Å². The van der Waals surface area contributed by atoms with Gasteiger partial charge in [-0.1, -0.05) is 13.8 Å². The third-order valence-electron chi connectivity index (χ3n) is 1.44. The van der Waals surface area contributed by atoms with Crippen LogP contribution in [-0.4, -0.2) is 30.8 Å². The van der Waals surface area contributed by atoms with Gasteiger partial charge in [-0.05, 0) is 20.0 Å².